The first-order valence-corrected chi connectivity index (χ1v) is 14.1. The molecule has 0 saturated heterocycles. The zero-order valence-electron chi connectivity index (χ0n) is 14.2. The second-order valence-electron chi connectivity index (χ2n) is 7.22. The monoisotopic (exact) mass is 320 g/mol. The Kier molecular flexibility index (Phi) is 5.64. The minimum absolute atomic E-state index is 0.750. The molecule has 0 spiro atoms. The zero-order chi connectivity index (χ0) is 16.3. The van der Waals surface area contributed by atoms with E-state index in [1.165, 1.54) is 0 Å². The fourth-order valence-electron chi connectivity index (χ4n) is 1.92. The van der Waals surface area contributed by atoms with E-state index in [1.54, 1.807) is 0 Å². The molecule has 0 atom stereocenters. The maximum absolute atomic E-state index is 6.01. The molecule has 0 aromatic carbocycles. The van der Waals surface area contributed by atoms with Crippen LogP contribution in [0.15, 0.2) is 60.1 Å². The first kappa shape index (κ1) is 17.8. The maximum Gasteiger partial charge on any atom is 0.242 e. The molecule has 1 aliphatic carbocycles. The fraction of sp³-hybridized carbons (Fsp3) is 0.412. The van der Waals surface area contributed by atoms with E-state index in [9.17, 15) is 0 Å². The molecule has 0 heterocycles. The van der Waals surface area contributed by atoms with Crippen molar-refractivity contribution in [1.29, 1.82) is 0 Å². The van der Waals surface area contributed by atoms with Gasteiger partial charge in [0.25, 0.3) is 0 Å². The summed E-state index contributed by atoms with van der Waals surface area (Å²) < 4.78 is 12.0. The first-order chi connectivity index (χ1) is 9.48. The summed E-state index contributed by atoms with van der Waals surface area (Å²) in [6.07, 6.45) is 8.91. The van der Waals surface area contributed by atoms with Gasteiger partial charge in [-0.05, 0) is 50.4 Å². The number of hydrogen-bond donors (Lipinski definition) is 0. The summed E-state index contributed by atoms with van der Waals surface area (Å²) >= 11 is 0. The summed E-state index contributed by atoms with van der Waals surface area (Å²) in [5.41, 5.74) is 2.19. The van der Waals surface area contributed by atoms with Crippen LogP contribution in [-0.2, 0) is 8.85 Å². The van der Waals surface area contributed by atoms with Gasteiger partial charge >= 0.3 is 0 Å². The van der Waals surface area contributed by atoms with Gasteiger partial charge in [-0.15, -0.1) is 0 Å². The van der Waals surface area contributed by atoms with E-state index in [4.69, 9.17) is 8.85 Å². The Morgan fingerprint density at radius 2 is 1.14 bits per heavy atom. The van der Waals surface area contributed by atoms with Gasteiger partial charge in [-0.3, -0.25) is 0 Å². The van der Waals surface area contributed by atoms with Crippen LogP contribution in [-0.4, -0.2) is 16.6 Å². The third kappa shape index (κ3) is 6.82. The van der Waals surface area contributed by atoms with Gasteiger partial charge < -0.3 is 8.85 Å². The van der Waals surface area contributed by atoms with Gasteiger partial charge in [-0.1, -0.05) is 37.5 Å². The van der Waals surface area contributed by atoms with Crippen molar-refractivity contribution in [2.45, 2.75) is 45.7 Å². The molecule has 0 aromatic rings. The van der Waals surface area contributed by atoms with Crippen LogP contribution >= 0.6 is 0 Å². The van der Waals surface area contributed by atoms with Crippen molar-refractivity contribution in [1.82, 2.24) is 0 Å². The van der Waals surface area contributed by atoms with Crippen LogP contribution in [0.25, 0.3) is 0 Å². The Morgan fingerprint density at radius 3 is 1.43 bits per heavy atom. The average molecular weight is 321 g/mol. The Hall–Kier alpha value is -1.27. The SMILES string of the molecule is C=C(O[Si](C)(C)C)C1=CC=CC=C(C(=C)O[Si](C)(C)C)C1. The van der Waals surface area contributed by atoms with Gasteiger partial charge in [0.05, 0.1) is 11.5 Å². The molecule has 116 valence electrons. The molecule has 21 heavy (non-hydrogen) atoms. The van der Waals surface area contributed by atoms with Crippen LogP contribution in [0.5, 0.6) is 0 Å². The van der Waals surface area contributed by atoms with Crippen molar-refractivity contribution in [2.75, 3.05) is 0 Å². The van der Waals surface area contributed by atoms with Gasteiger partial charge in [-0.25, -0.2) is 0 Å². The van der Waals surface area contributed by atoms with Crippen molar-refractivity contribution >= 4 is 16.6 Å². The lowest BCUT2D eigenvalue weighted by Crippen LogP contribution is -2.26. The summed E-state index contributed by atoms with van der Waals surface area (Å²) in [6, 6.07) is 0. The molecule has 0 saturated carbocycles. The molecule has 0 aromatic heterocycles. The van der Waals surface area contributed by atoms with Gasteiger partial charge in [0, 0.05) is 6.42 Å². The highest BCUT2D eigenvalue weighted by Crippen LogP contribution is 2.29. The highest BCUT2D eigenvalue weighted by Gasteiger charge is 2.22. The molecule has 4 heteroatoms. The van der Waals surface area contributed by atoms with Gasteiger partial charge in [0.1, 0.15) is 0 Å². The predicted octanol–water partition coefficient (Wildman–Crippen LogP) is 5.53. The first-order valence-electron chi connectivity index (χ1n) is 7.31. The van der Waals surface area contributed by atoms with Crippen LogP contribution in [0, 0.1) is 0 Å². The zero-order valence-corrected chi connectivity index (χ0v) is 16.2. The summed E-state index contributed by atoms with van der Waals surface area (Å²) in [6.45, 7) is 21.2. The van der Waals surface area contributed by atoms with E-state index in [-0.39, 0.29) is 0 Å². The standard InChI is InChI=1S/C17H28O2Si2/c1-14(18-20(3,4)5)16-11-9-10-12-17(13-16)15(2)19-21(6,7)8/h9-12H,1-2,13H2,3-8H3. The van der Waals surface area contributed by atoms with Crippen molar-refractivity contribution in [2.24, 2.45) is 0 Å². The van der Waals surface area contributed by atoms with E-state index in [2.05, 4.69) is 64.6 Å². The van der Waals surface area contributed by atoms with Crippen molar-refractivity contribution in [3.05, 3.63) is 60.1 Å². The molecule has 1 rings (SSSR count). The lowest BCUT2D eigenvalue weighted by molar-refractivity contribution is 0.423. The molecule has 0 amide bonds. The normalized spacial score (nSPS) is 15.7. The fourth-order valence-corrected chi connectivity index (χ4v) is 3.66. The molecule has 0 radical (unpaired) electrons. The van der Waals surface area contributed by atoms with Crippen molar-refractivity contribution < 1.29 is 8.85 Å². The molecule has 0 N–H and O–H groups in total. The molecular weight excluding hydrogens is 292 g/mol. The third-order valence-corrected chi connectivity index (χ3v) is 4.38. The summed E-state index contributed by atoms with van der Waals surface area (Å²) in [7, 11) is -3.28. The van der Waals surface area contributed by atoms with Gasteiger partial charge in [0.2, 0.25) is 16.6 Å². The van der Waals surface area contributed by atoms with Crippen LogP contribution in [0.2, 0.25) is 39.3 Å². The van der Waals surface area contributed by atoms with Crippen LogP contribution in [0.1, 0.15) is 6.42 Å². The van der Waals surface area contributed by atoms with E-state index < -0.39 is 16.6 Å². The summed E-state index contributed by atoms with van der Waals surface area (Å²) in [5, 5.41) is 0. The van der Waals surface area contributed by atoms with E-state index in [0.29, 0.717) is 0 Å². The number of hydrogen-bond acceptors (Lipinski definition) is 2. The minimum Gasteiger partial charge on any atom is -0.545 e. The van der Waals surface area contributed by atoms with E-state index >= 15 is 0 Å². The third-order valence-electron chi connectivity index (χ3n) is 2.66. The molecule has 0 bridgehead atoms. The average Bonchev–Trinajstić information content (AvgIpc) is 2.49. The molecule has 1 aliphatic rings. The second kappa shape index (κ2) is 6.66. The van der Waals surface area contributed by atoms with Gasteiger partial charge in [-0.2, -0.15) is 0 Å². The lowest BCUT2D eigenvalue weighted by atomic mass is 10.0. The van der Waals surface area contributed by atoms with E-state index in [1.807, 2.05) is 12.2 Å². The highest BCUT2D eigenvalue weighted by atomic mass is 28.4. The van der Waals surface area contributed by atoms with Crippen LogP contribution < -0.4 is 0 Å². The quantitative estimate of drug-likeness (QED) is 0.473. The Bertz CT molecular complexity index is 466. The van der Waals surface area contributed by atoms with E-state index in [0.717, 1.165) is 29.1 Å². The van der Waals surface area contributed by atoms with Gasteiger partial charge in [0.15, 0.2) is 0 Å². The number of allylic oxidation sites excluding steroid dienone is 6. The predicted molar refractivity (Wildman–Crippen MR) is 97.1 cm³/mol. The smallest absolute Gasteiger partial charge is 0.242 e. The van der Waals surface area contributed by atoms with Crippen LogP contribution in [0.3, 0.4) is 0 Å². The summed E-state index contributed by atoms with van der Waals surface area (Å²) in [4.78, 5) is 0. The number of rotatable bonds is 6. The van der Waals surface area contributed by atoms with Crippen molar-refractivity contribution in [3.8, 4) is 0 Å². The lowest BCUT2D eigenvalue weighted by Gasteiger charge is -2.25. The van der Waals surface area contributed by atoms with Crippen molar-refractivity contribution in [3.63, 3.8) is 0 Å². The van der Waals surface area contributed by atoms with Crippen LogP contribution in [0.4, 0.5) is 0 Å². The molecule has 0 aliphatic heterocycles. The Morgan fingerprint density at radius 1 is 0.810 bits per heavy atom. The molecule has 0 fully saturated rings. The molecule has 0 unspecified atom stereocenters. The maximum atomic E-state index is 6.01. The Balaban J connectivity index is 2.83. The Labute approximate surface area is 131 Å². The largest absolute Gasteiger partial charge is 0.545 e. The highest BCUT2D eigenvalue weighted by molar-refractivity contribution is 6.70. The summed E-state index contributed by atoms with van der Waals surface area (Å²) in [5.74, 6) is 1.54. The molecular formula is C17H28O2Si2. The minimum atomic E-state index is -1.64. The molecule has 2 nitrogen and oxygen atoms in total. The topological polar surface area (TPSA) is 18.5 Å². The second-order valence-corrected chi connectivity index (χ2v) is 16.1.